The molecule has 1 aromatic rings. The fourth-order valence-electron chi connectivity index (χ4n) is 1.98. The molecule has 94 valence electrons. The van der Waals surface area contributed by atoms with Gasteiger partial charge < -0.3 is 10.2 Å². The average Bonchev–Trinajstić information content (AvgIpc) is 2.29. The highest BCUT2D eigenvalue weighted by molar-refractivity contribution is 5.74. The smallest absolute Gasteiger partial charge is 0.309 e. The van der Waals surface area contributed by atoms with Gasteiger partial charge in [-0.2, -0.15) is 0 Å². The van der Waals surface area contributed by atoms with Crippen LogP contribution in [0.1, 0.15) is 45.1 Å². The van der Waals surface area contributed by atoms with Crippen molar-refractivity contribution in [2.75, 3.05) is 0 Å². The number of phenols is 1. The number of rotatable bonds is 5. The van der Waals surface area contributed by atoms with E-state index in [2.05, 4.69) is 0 Å². The monoisotopic (exact) mass is 236 g/mol. The van der Waals surface area contributed by atoms with Crippen molar-refractivity contribution in [3.8, 4) is 5.75 Å². The van der Waals surface area contributed by atoms with E-state index in [0.717, 1.165) is 5.56 Å². The number of carbonyl (C=O) groups is 1. The van der Waals surface area contributed by atoms with Gasteiger partial charge in [-0.05, 0) is 43.4 Å². The SMILES string of the molecule is CCC(C)(CC(C)c1ccc(O)cc1)C(=O)O. The lowest BCUT2D eigenvalue weighted by molar-refractivity contribution is -0.148. The lowest BCUT2D eigenvalue weighted by atomic mass is 9.77. The van der Waals surface area contributed by atoms with Gasteiger partial charge in [0.1, 0.15) is 5.75 Å². The van der Waals surface area contributed by atoms with Crippen LogP contribution >= 0.6 is 0 Å². The van der Waals surface area contributed by atoms with Crippen LogP contribution in [0.5, 0.6) is 5.75 Å². The molecule has 2 atom stereocenters. The molecule has 0 saturated heterocycles. The molecular weight excluding hydrogens is 216 g/mol. The minimum absolute atomic E-state index is 0.164. The summed E-state index contributed by atoms with van der Waals surface area (Å²) >= 11 is 0. The largest absolute Gasteiger partial charge is 0.508 e. The molecule has 3 heteroatoms. The Kier molecular flexibility index (Phi) is 4.16. The van der Waals surface area contributed by atoms with Crippen molar-refractivity contribution in [2.45, 2.75) is 39.5 Å². The van der Waals surface area contributed by atoms with Gasteiger partial charge in [0.2, 0.25) is 0 Å². The maximum atomic E-state index is 11.2. The maximum absolute atomic E-state index is 11.2. The van der Waals surface area contributed by atoms with Crippen LogP contribution in [-0.2, 0) is 4.79 Å². The predicted molar refractivity (Wildman–Crippen MR) is 67.2 cm³/mol. The third-order valence-electron chi connectivity index (χ3n) is 3.52. The Hall–Kier alpha value is -1.51. The van der Waals surface area contributed by atoms with E-state index in [1.807, 2.05) is 26.0 Å². The predicted octanol–water partition coefficient (Wildman–Crippen LogP) is 3.39. The van der Waals surface area contributed by atoms with E-state index in [0.29, 0.717) is 12.8 Å². The van der Waals surface area contributed by atoms with E-state index in [1.54, 1.807) is 19.1 Å². The Morgan fingerprint density at radius 1 is 1.35 bits per heavy atom. The fraction of sp³-hybridized carbons (Fsp3) is 0.500. The van der Waals surface area contributed by atoms with Gasteiger partial charge in [0.15, 0.2) is 0 Å². The van der Waals surface area contributed by atoms with E-state index >= 15 is 0 Å². The van der Waals surface area contributed by atoms with Gasteiger partial charge in [0.05, 0.1) is 5.41 Å². The van der Waals surface area contributed by atoms with Crippen LogP contribution < -0.4 is 0 Å². The van der Waals surface area contributed by atoms with Crippen LogP contribution in [0, 0.1) is 5.41 Å². The van der Waals surface area contributed by atoms with Crippen molar-refractivity contribution in [3.05, 3.63) is 29.8 Å². The van der Waals surface area contributed by atoms with E-state index < -0.39 is 11.4 Å². The number of aliphatic carboxylic acids is 1. The molecule has 0 aromatic heterocycles. The minimum atomic E-state index is -0.745. The molecule has 0 saturated carbocycles. The summed E-state index contributed by atoms with van der Waals surface area (Å²) in [5.74, 6) is -0.347. The zero-order valence-corrected chi connectivity index (χ0v) is 10.6. The molecular formula is C14H20O3. The molecule has 0 aliphatic rings. The van der Waals surface area contributed by atoms with Gasteiger partial charge in [-0.1, -0.05) is 26.0 Å². The summed E-state index contributed by atoms with van der Waals surface area (Å²) in [6, 6.07) is 6.96. The molecule has 0 spiro atoms. The van der Waals surface area contributed by atoms with Crippen LogP contribution in [0.25, 0.3) is 0 Å². The fourth-order valence-corrected chi connectivity index (χ4v) is 1.98. The quantitative estimate of drug-likeness (QED) is 0.823. The molecule has 1 aromatic carbocycles. The zero-order chi connectivity index (χ0) is 13.1. The average molecular weight is 236 g/mol. The lowest BCUT2D eigenvalue weighted by Gasteiger charge is -2.26. The number of hydrogen-bond acceptors (Lipinski definition) is 2. The molecule has 3 nitrogen and oxygen atoms in total. The molecule has 0 radical (unpaired) electrons. The molecule has 0 heterocycles. The topological polar surface area (TPSA) is 57.5 Å². The second kappa shape index (κ2) is 5.21. The van der Waals surface area contributed by atoms with Gasteiger partial charge in [-0.3, -0.25) is 4.79 Å². The van der Waals surface area contributed by atoms with E-state index in [4.69, 9.17) is 0 Å². The third kappa shape index (κ3) is 3.22. The molecule has 2 N–H and O–H groups in total. The molecule has 0 fully saturated rings. The highest BCUT2D eigenvalue weighted by atomic mass is 16.4. The second-order valence-corrected chi connectivity index (χ2v) is 4.92. The van der Waals surface area contributed by atoms with Crippen LogP contribution in [0.15, 0.2) is 24.3 Å². The highest BCUT2D eigenvalue weighted by Gasteiger charge is 2.32. The number of benzene rings is 1. The van der Waals surface area contributed by atoms with E-state index in [1.165, 1.54) is 0 Å². The van der Waals surface area contributed by atoms with Crippen molar-refractivity contribution in [1.29, 1.82) is 0 Å². The summed E-state index contributed by atoms with van der Waals surface area (Å²) in [4.78, 5) is 11.2. The van der Waals surface area contributed by atoms with Crippen molar-refractivity contribution in [1.82, 2.24) is 0 Å². The van der Waals surface area contributed by atoms with Gasteiger partial charge in [-0.15, -0.1) is 0 Å². The molecule has 0 aliphatic heterocycles. The number of aromatic hydroxyl groups is 1. The first kappa shape index (κ1) is 13.6. The highest BCUT2D eigenvalue weighted by Crippen LogP contribution is 2.35. The standard InChI is InChI=1S/C14H20O3/c1-4-14(3,13(16)17)9-10(2)11-5-7-12(15)8-6-11/h5-8,10,15H,4,9H2,1-3H3,(H,16,17). The summed E-state index contributed by atoms with van der Waals surface area (Å²) < 4.78 is 0. The summed E-state index contributed by atoms with van der Waals surface area (Å²) in [5, 5.41) is 18.4. The molecule has 0 amide bonds. The van der Waals surface area contributed by atoms with Crippen molar-refractivity contribution < 1.29 is 15.0 Å². The lowest BCUT2D eigenvalue weighted by Crippen LogP contribution is -2.28. The third-order valence-corrected chi connectivity index (χ3v) is 3.52. The zero-order valence-electron chi connectivity index (χ0n) is 10.6. The van der Waals surface area contributed by atoms with Gasteiger partial charge in [-0.25, -0.2) is 0 Å². The summed E-state index contributed by atoms with van der Waals surface area (Å²) in [7, 11) is 0. The minimum Gasteiger partial charge on any atom is -0.508 e. The number of phenolic OH excluding ortho intramolecular Hbond substituents is 1. The van der Waals surface area contributed by atoms with Crippen molar-refractivity contribution in [3.63, 3.8) is 0 Å². The molecule has 0 bridgehead atoms. The number of carboxylic acid groups (broad SMARTS) is 1. The van der Waals surface area contributed by atoms with Gasteiger partial charge >= 0.3 is 5.97 Å². The normalized spacial score (nSPS) is 16.2. The first-order chi connectivity index (χ1) is 7.89. The van der Waals surface area contributed by atoms with Crippen LogP contribution in [0.3, 0.4) is 0 Å². The van der Waals surface area contributed by atoms with E-state index in [9.17, 15) is 15.0 Å². The Balaban J connectivity index is 2.81. The van der Waals surface area contributed by atoms with E-state index in [-0.39, 0.29) is 11.7 Å². The van der Waals surface area contributed by atoms with Crippen molar-refractivity contribution >= 4 is 5.97 Å². The molecule has 1 rings (SSSR count). The van der Waals surface area contributed by atoms with Gasteiger partial charge in [0, 0.05) is 0 Å². The molecule has 2 unspecified atom stereocenters. The summed E-state index contributed by atoms with van der Waals surface area (Å²) in [6.07, 6.45) is 1.22. The summed E-state index contributed by atoms with van der Waals surface area (Å²) in [5.41, 5.74) is 0.376. The van der Waals surface area contributed by atoms with Crippen LogP contribution in [-0.4, -0.2) is 16.2 Å². The second-order valence-electron chi connectivity index (χ2n) is 4.92. The molecule has 0 aliphatic carbocycles. The Bertz CT molecular complexity index is 383. The Labute approximate surface area is 102 Å². The first-order valence-electron chi connectivity index (χ1n) is 5.91. The van der Waals surface area contributed by atoms with Crippen molar-refractivity contribution in [2.24, 2.45) is 5.41 Å². The maximum Gasteiger partial charge on any atom is 0.309 e. The molecule has 17 heavy (non-hydrogen) atoms. The van der Waals surface area contributed by atoms with Gasteiger partial charge in [0.25, 0.3) is 0 Å². The Morgan fingerprint density at radius 2 is 1.88 bits per heavy atom. The summed E-state index contributed by atoms with van der Waals surface area (Å²) in [6.45, 7) is 5.70. The Morgan fingerprint density at radius 3 is 2.29 bits per heavy atom. The number of carboxylic acids is 1. The number of hydrogen-bond donors (Lipinski definition) is 2. The van der Waals surface area contributed by atoms with Crippen LogP contribution in [0.4, 0.5) is 0 Å². The first-order valence-corrected chi connectivity index (χ1v) is 5.91. The van der Waals surface area contributed by atoms with Crippen LogP contribution in [0.2, 0.25) is 0 Å².